The van der Waals surface area contributed by atoms with Gasteiger partial charge in [0.15, 0.2) is 5.79 Å². The molecule has 0 radical (unpaired) electrons. The lowest BCUT2D eigenvalue weighted by Crippen LogP contribution is -2.53. The second-order valence-electron chi connectivity index (χ2n) is 10.5. The molecule has 0 aromatic heterocycles. The molecule has 1 atom stereocenters. The van der Waals surface area contributed by atoms with Gasteiger partial charge < -0.3 is 14.2 Å². The van der Waals surface area contributed by atoms with E-state index in [4.69, 9.17) is 14.2 Å². The molecule has 2 amide bonds. The van der Waals surface area contributed by atoms with Crippen LogP contribution in [0.1, 0.15) is 24.0 Å². The highest BCUT2D eigenvalue weighted by atomic mass is 32.2. The maximum Gasteiger partial charge on any atom is 0.269 e. The number of likely N-dealkylation sites (tertiary alicyclic amines) is 1. The number of ether oxygens (including phenoxy) is 3. The Morgan fingerprint density at radius 1 is 0.850 bits per heavy atom. The standard InChI is InChI=1S/C31H31N3O5S/c35-28-21-40-31(34(28)24-10-12-25(13-11-24)37-20-23-6-2-1-3-7-23)26-8-4-5-9-27(26)33(29(31)36)22-32-16-14-30(15-17-32)38-18-19-39-30/h1-13H,14-22H2. The normalized spacial score (nSPS) is 23.9. The zero-order chi connectivity index (χ0) is 27.2. The van der Waals surface area contributed by atoms with Crippen molar-refractivity contribution in [3.05, 3.63) is 90.0 Å². The summed E-state index contributed by atoms with van der Waals surface area (Å²) < 4.78 is 17.7. The van der Waals surface area contributed by atoms with E-state index < -0.39 is 10.7 Å². The minimum atomic E-state index is -1.13. The lowest BCUT2D eigenvalue weighted by atomic mass is 10.0. The molecule has 0 aliphatic carbocycles. The molecule has 40 heavy (non-hydrogen) atoms. The Labute approximate surface area is 237 Å². The third kappa shape index (κ3) is 4.28. The Kier molecular flexibility index (Phi) is 6.54. The van der Waals surface area contributed by atoms with Crippen molar-refractivity contribution in [1.82, 2.24) is 4.90 Å². The van der Waals surface area contributed by atoms with Crippen molar-refractivity contribution in [2.45, 2.75) is 30.1 Å². The first-order chi connectivity index (χ1) is 19.6. The fourth-order valence-electron chi connectivity index (χ4n) is 6.15. The van der Waals surface area contributed by atoms with Gasteiger partial charge in [-0.2, -0.15) is 0 Å². The molecule has 4 aliphatic rings. The van der Waals surface area contributed by atoms with Gasteiger partial charge in [0.05, 0.1) is 31.3 Å². The van der Waals surface area contributed by atoms with E-state index in [1.54, 1.807) is 4.90 Å². The minimum absolute atomic E-state index is 0.0802. The van der Waals surface area contributed by atoms with Gasteiger partial charge in [-0.25, -0.2) is 0 Å². The third-order valence-corrected chi connectivity index (χ3v) is 9.57. The predicted octanol–water partition coefficient (Wildman–Crippen LogP) is 4.34. The average Bonchev–Trinajstić information content (AvgIpc) is 3.66. The molecule has 0 N–H and O–H groups in total. The van der Waals surface area contributed by atoms with E-state index in [0.717, 1.165) is 42.7 Å². The first-order valence-electron chi connectivity index (χ1n) is 13.7. The van der Waals surface area contributed by atoms with Crippen molar-refractivity contribution in [2.75, 3.05) is 48.5 Å². The Morgan fingerprint density at radius 2 is 1.55 bits per heavy atom. The van der Waals surface area contributed by atoms with E-state index in [0.29, 0.717) is 37.9 Å². The number of thioether (sulfide) groups is 1. The predicted molar refractivity (Wildman–Crippen MR) is 153 cm³/mol. The Morgan fingerprint density at radius 3 is 2.30 bits per heavy atom. The van der Waals surface area contributed by atoms with Gasteiger partial charge in [0.25, 0.3) is 5.91 Å². The molecular formula is C31H31N3O5S. The second kappa shape index (κ2) is 10.2. The first-order valence-corrected chi connectivity index (χ1v) is 14.7. The number of para-hydroxylation sites is 1. The van der Waals surface area contributed by atoms with Crippen LogP contribution in [-0.2, 0) is 30.5 Å². The van der Waals surface area contributed by atoms with Crippen molar-refractivity contribution in [2.24, 2.45) is 0 Å². The molecule has 0 saturated carbocycles. The van der Waals surface area contributed by atoms with Crippen LogP contribution in [0.25, 0.3) is 0 Å². The summed E-state index contributed by atoms with van der Waals surface area (Å²) in [4.78, 5) is 32.4. The molecule has 206 valence electrons. The monoisotopic (exact) mass is 557 g/mol. The van der Waals surface area contributed by atoms with Crippen LogP contribution in [0, 0.1) is 0 Å². The van der Waals surface area contributed by atoms with Crippen LogP contribution < -0.4 is 14.5 Å². The third-order valence-electron chi connectivity index (χ3n) is 8.18. The Hall–Kier alpha value is -3.37. The highest BCUT2D eigenvalue weighted by molar-refractivity contribution is 8.02. The smallest absolute Gasteiger partial charge is 0.269 e. The lowest BCUT2D eigenvalue weighted by Gasteiger charge is -2.39. The van der Waals surface area contributed by atoms with E-state index in [-0.39, 0.29) is 17.6 Å². The molecule has 3 aromatic rings. The van der Waals surface area contributed by atoms with Gasteiger partial charge in [-0.1, -0.05) is 48.5 Å². The van der Waals surface area contributed by atoms with E-state index in [1.165, 1.54) is 11.8 Å². The summed E-state index contributed by atoms with van der Waals surface area (Å²) in [6.45, 7) is 3.75. The fourth-order valence-corrected chi connectivity index (χ4v) is 7.51. The summed E-state index contributed by atoms with van der Waals surface area (Å²) >= 11 is 1.40. The van der Waals surface area contributed by atoms with Crippen LogP contribution in [-0.4, -0.2) is 61.2 Å². The number of rotatable bonds is 6. The van der Waals surface area contributed by atoms with Gasteiger partial charge in [-0.15, -0.1) is 11.8 Å². The number of amides is 2. The van der Waals surface area contributed by atoms with Gasteiger partial charge in [0.1, 0.15) is 12.4 Å². The highest BCUT2D eigenvalue weighted by Gasteiger charge is 2.61. The SMILES string of the molecule is O=C1CSC2(C(=O)N(CN3CCC4(CC3)OCCO4)c3ccccc32)N1c1ccc(OCc2ccccc2)cc1. The molecule has 3 fully saturated rings. The molecule has 8 nitrogen and oxygen atoms in total. The number of piperidine rings is 1. The number of nitrogens with zero attached hydrogens (tertiary/aromatic N) is 3. The molecule has 2 spiro atoms. The van der Waals surface area contributed by atoms with Crippen LogP contribution in [0.2, 0.25) is 0 Å². The van der Waals surface area contributed by atoms with Crippen molar-refractivity contribution < 1.29 is 23.8 Å². The van der Waals surface area contributed by atoms with E-state index in [9.17, 15) is 9.59 Å². The topological polar surface area (TPSA) is 71.6 Å². The number of hydrogen-bond acceptors (Lipinski definition) is 7. The molecule has 0 bridgehead atoms. The molecule has 4 heterocycles. The minimum Gasteiger partial charge on any atom is -0.489 e. The lowest BCUT2D eigenvalue weighted by molar-refractivity contribution is -0.185. The van der Waals surface area contributed by atoms with E-state index >= 15 is 0 Å². The molecule has 9 heteroatoms. The Balaban J connectivity index is 1.13. The van der Waals surface area contributed by atoms with Crippen LogP contribution in [0.5, 0.6) is 5.75 Å². The van der Waals surface area contributed by atoms with Crippen molar-refractivity contribution >= 4 is 35.0 Å². The molecule has 3 saturated heterocycles. The zero-order valence-electron chi connectivity index (χ0n) is 22.2. The van der Waals surface area contributed by atoms with E-state index in [2.05, 4.69) is 4.90 Å². The second-order valence-corrected chi connectivity index (χ2v) is 11.7. The van der Waals surface area contributed by atoms with Crippen LogP contribution in [0.4, 0.5) is 11.4 Å². The van der Waals surface area contributed by atoms with Crippen molar-refractivity contribution in [3.63, 3.8) is 0 Å². The molecular weight excluding hydrogens is 526 g/mol. The first kappa shape index (κ1) is 25.6. The molecule has 7 rings (SSSR count). The van der Waals surface area contributed by atoms with Crippen molar-refractivity contribution in [1.29, 1.82) is 0 Å². The van der Waals surface area contributed by atoms with Crippen LogP contribution in [0.3, 0.4) is 0 Å². The summed E-state index contributed by atoms with van der Waals surface area (Å²) in [5.41, 5.74) is 3.48. The quantitative estimate of drug-likeness (QED) is 0.447. The number of fused-ring (bicyclic) bond motifs is 2. The van der Waals surface area contributed by atoms with Gasteiger partial charge >= 0.3 is 0 Å². The summed E-state index contributed by atoms with van der Waals surface area (Å²) in [7, 11) is 0. The van der Waals surface area contributed by atoms with Crippen LogP contribution in [0.15, 0.2) is 78.9 Å². The van der Waals surface area contributed by atoms with Crippen molar-refractivity contribution in [3.8, 4) is 5.75 Å². The number of carbonyl (C=O) groups is 2. The number of anilines is 2. The zero-order valence-corrected chi connectivity index (χ0v) is 23.0. The number of carbonyl (C=O) groups excluding carboxylic acids is 2. The van der Waals surface area contributed by atoms with Gasteiger partial charge in [0.2, 0.25) is 10.8 Å². The Bertz CT molecular complexity index is 1400. The molecule has 3 aromatic carbocycles. The number of benzene rings is 3. The summed E-state index contributed by atoms with van der Waals surface area (Å²) in [5.74, 6) is 0.317. The summed E-state index contributed by atoms with van der Waals surface area (Å²) in [6.07, 6.45) is 1.56. The van der Waals surface area contributed by atoms with Gasteiger partial charge in [0, 0.05) is 37.2 Å². The maximum absolute atomic E-state index is 14.4. The average molecular weight is 558 g/mol. The van der Waals surface area contributed by atoms with E-state index in [1.807, 2.05) is 83.8 Å². The highest BCUT2D eigenvalue weighted by Crippen LogP contribution is 2.55. The molecule has 1 unspecified atom stereocenters. The van der Waals surface area contributed by atoms with Crippen LogP contribution >= 0.6 is 11.8 Å². The maximum atomic E-state index is 14.4. The summed E-state index contributed by atoms with van der Waals surface area (Å²) in [5, 5.41) is 0. The molecule has 4 aliphatic heterocycles. The number of hydrogen-bond donors (Lipinski definition) is 0. The van der Waals surface area contributed by atoms with Gasteiger partial charge in [-0.3, -0.25) is 24.3 Å². The van der Waals surface area contributed by atoms with Gasteiger partial charge in [-0.05, 0) is 35.9 Å². The fraction of sp³-hybridized carbons (Fsp3) is 0.355. The largest absolute Gasteiger partial charge is 0.489 e. The summed E-state index contributed by atoms with van der Waals surface area (Å²) in [6, 6.07) is 25.3.